The molecule has 114 valence electrons. The van der Waals surface area contributed by atoms with Gasteiger partial charge in [-0.05, 0) is 24.6 Å². The van der Waals surface area contributed by atoms with Crippen molar-refractivity contribution in [2.45, 2.75) is 25.6 Å². The zero-order chi connectivity index (χ0) is 15.6. The van der Waals surface area contributed by atoms with E-state index in [2.05, 4.69) is 10.6 Å². The van der Waals surface area contributed by atoms with Gasteiger partial charge in [-0.1, -0.05) is 12.1 Å². The normalized spacial score (nSPS) is 20.0. The van der Waals surface area contributed by atoms with E-state index in [0.29, 0.717) is 12.1 Å². The number of carbonyl (C=O) groups excluding carboxylic acids is 2. The fourth-order valence-corrected chi connectivity index (χ4v) is 2.17. The average Bonchev–Trinajstić information content (AvgIpc) is 2.84. The summed E-state index contributed by atoms with van der Waals surface area (Å²) in [4.78, 5) is 23.0. The molecule has 0 bridgehead atoms. The summed E-state index contributed by atoms with van der Waals surface area (Å²) in [6.45, 7) is 1.98. The molecule has 2 amide bonds. The Morgan fingerprint density at radius 3 is 2.43 bits per heavy atom. The number of hydrogen-bond acceptors (Lipinski definition) is 2. The summed E-state index contributed by atoms with van der Waals surface area (Å²) in [6.07, 6.45) is -4.23. The highest BCUT2D eigenvalue weighted by Crippen LogP contribution is 2.29. The Labute approximate surface area is 119 Å². The predicted octanol–water partition coefficient (Wildman–Crippen LogP) is 2.02. The molecule has 1 saturated heterocycles. The minimum absolute atomic E-state index is 0.144. The predicted molar refractivity (Wildman–Crippen MR) is 69.1 cm³/mol. The Balaban J connectivity index is 1.98. The number of alkyl halides is 3. The van der Waals surface area contributed by atoms with Crippen molar-refractivity contribution in [1.82, 2.24) is 10.6 Å². The summed E-state index contributed by atoms with van der Waals surface area (Å²) >= 11 is 0. The number of hydrogen-bond donors (Lipinski definition) is 2. The van der Waals surface area contributed by atoms with Gasteiger partial charge in [-0.2, -0.15) is 13.2 Å². The highest BCUT2D eigenvalue weighted by molar-refractivity contribution is 5.89. The molecule has 0 saturated carbocycles. The number of carbonyl (C=O) groups is 2. The SMILES string of the molecule is CC(NC(=O)C1CNC(=O)C1)c1ccc(C(F)(F)F)cc1. The highest BCUT2D eigenvalue weighted by atomic mass is 19.4. The van der Waals surface area contributed by atoms with Gasteiger partial charge < -0.3 is 10.6 Å². The topological polar surface area (TPSA) is 58.2 Å². The van der Waals surface area contributed by atoms with Crippen LogP contribution in [0, 0.1) is 5.92 Å². The third-order valence-electron chi connectivity index (χ3n) is 3.44. The third kappa shape index (κ3) is 3.74. The Morgan fingerprint density at radius 2 is 1.95 bits per heavy atom. The zero-order valence-corrected chi connectivity index (χ0v) is 11.3. The van der Waals surface area contributed by atoms with E-state index in [1.807, 2.05) is 0 Å². The fourth-order valence-electron chi connectivity index (χ4n) is 2.17. The van der Waals surface area contributed by atoms with Gasteiger partial charge in [0, 0.05) is 13.0 Å². The van der Waals surface area contributed by atoms with Gasteiger partial charge in [-0.3, -0.25) is 9.59 Å². The largest absolute Gasteiger partial charge is 0.416 e. The van der Waals surface area contributed by atoms with Gasteiger partial charge in [0.1, 0.15) is 0 Å². The second-order valence-corrected chi connectivity index (χ2v) is 5.06. The van der Waals surface area contributed by atoms with Crippen molar-refractivity contribution in [3.8, 4) is 0 Å². The van der Waals surface area contributed by atoms with Crippen LogP contribution in [0.2, 0.25) is 0 Å². The Hall–Kier alpha value is -2.05. The van der Waals surface area contributed by atoms with E-state index in [-0.39, 0.29) is 18.2 Å². The van der Waals surface area contributed by atoms with Crippen LogP contribution < -0.4 is 10.6 Å². The molecule has 1 aliphatic rings. The van der Waals surface area contributed by atoms with Crippen LogP contribution in [-0.2, 0) is 15.8 Å². The molecule has 0 aliphatic carbocycles. The van der Waals surface area contributed by atoms with Crippen molar-refractivity contribution in [3.05, 3.63) is 35.4 Å². The van der Waals surface area contributed by atoms with Gasteiger partial charge in [0.25, 0.3) is 0 Å². The van der Waals surface area contributed by atoms with Crippen LogP contribution in [0.1, 0.15) is 30.5 Å². The molecule has 2 unspecified atom stereocenters. The van der Waals surface area contributed by atoms with E-state index < -0.39 is 23.7 Å². The molecule has 1 aromatic carbocycles. The molecule has 1 heterocycles. The van der Waals surface area contributed by atoms with Crippen molar-refractivity contribution in [2.75, 3.05) is 6.54 Å². The number of rotatable bonds is 3. The van der Waals surface area contributed by atoms with Crippen LogP contribution in [0.15, 0.2) is 24.3 Å². The molecule has 0 aromatic heterocycles. The highest BCUT2D eigenvalue weighted by Gasteiger charge is 2.31. The first kappa shape index (κ1) is 15.3. The lowest BCUT2D eigenvalue weighted by molar-refractivity contribution is -0.137. The molecule has 7 heteroatoms. The molecule has 0 radical (unpaired) electrons. The summed E-state index contributed by atoms with van der Waals surface area (Å²) in [5.41, 5.74) is -0.149. The third-order valence-corrected chi connectivity index (χ3v) is 3.44. The second-order valence-electron chi connectivity index (χ2n) is 5.06. The van der Waals surface area contributed by atoms with Crippen molar-refractivity contribution in [2.24, 2.45) is 5.92 Å². The van der Waals surface area contributed by atoms with Gasteiger partial charge >= 0.3 is 6.18 Å². The zero-order valence-electron chi connectivity index (χ0n) is 11.3. The maximum absolute atomic E-state index is 12.5. The molecular weight excluding hydrogens is 285 g/mol. The van der Waals surface area contributed by atoms with Crippen molar-refractivity contribution >= 4 is 11.8 Å². The number of halogens is 3. The Kier molecular flexibility index (Phi) is 4.20. The molecule has 1 aromatic rings. The van der Waals surface area contributed by atoms with Crippen LogP contribution in [0.3, 0.4) is 0 Å². The number of amides is 2. The van der Waals surface area contributed by atoms with Crippen molar-refractivity contribution < 1.29 is 22.8 Å². The first-order valence-corrected chi connectivity index (χ1v) is 6.51. The standard InChI is InChI=1S/C14H15F3N2O2/c1-8(19-13(21)10-6-12(20)18-7-10)9-2-4-11(5-3-9)14(15,16)17/h2-5,8,10H,6-7H2,1H3,(H,18,20)(H,19,21). The van der Waals surface area contributed by atoms with E-state index in [4.69, 9.17) is 0 Å². The Morgan fingerprint density at radius 1 is 1.33 bits per heavy atom. The molecule has 4 nitrogen and oxygen atoms in total. The molecule has 1 fully saturated rings. The number of nitrogens with one attached hydrogen (secondary N) is 2. The maximum Gasteiger partial charge on any atom is 0.416 e. The van der Waals surface area contributed by atoms with E-state index in [9.17, 15) is 22.8 Å². The lowest BCUT2D eigenvalue weighted by atomic mass is 10.0. The first-order chi connectivity index (χ1) is 9.77. The molecule has 2 atom stereocenters. The summed E-state index contributed by atoms with van der Waals surface area (Å²) < 4.78 is 37.4. The van der Waals surface area contributed by atoms with Crippen LogP contribution in [0.25, 0.3) is 0 Å². The molecule has 21 heavy (non-hydrogen) atoms. The summed E-state index contributed by atoms with van der Waals surface area (Å²) in [5, 5.41) is 5.27. The van der Waals surface area contributed by atoms with Gasteiger partial charge in [0.05, 0.1) is 17.5 Å². The first-order valence-electron chi connectivity index (χ1n) is 6.51. The van der Waals surface area contributed by atoms with E-state index in [1.54, 1.807) is 6.92 Å². The average molecular weight is 300 g/mol. The van der Waals surface area contributed by atoms with E-state index >= 15 is 0 Å². The minimum atomic E-state index is -4.37. The smallest absolute Gasteiger partial charge is 0.355 e. The quantitative estimate of drug-likeness (QED) is 0.897. The molecular formula is C14H15F3N2O2. The lowest BCUT2D eigenvalue weighted by Crippen LogP contribution is -2.33. The summed E-state index contributed by atoms with van der Waals surface area (Å²) in [7, 11) is 0. The number of benzene rings is 1. The monoisotopic (exact) mass is 300 g/mol. The lowest BCUT2D eigenvalue weighted by Gasteiger charge is -2.17. The fraction of sp³-hybridized carbons (Fsp3) is 0.429. The van der Waals surface area contributed by atoms with Crippen LogP contribution >= 0.6 is 0 Å². The molecule has 2 N–H and O–H groups in total. The molecule has 2 rings (SSSR count). The summed E-state index contributed by atoms with van der Waals surface area (Å²) in [5.74, 6) is -0.868. The molecule has 1 aliphatic heterocycles. The van der Waals surface area contributed by atoms with Gasteiger partial charge in [0.2, 0.25) is 11.8 Å². The van der Waals surface area contributed by atoms with Gasteiger partial charge in [-0.15, -0.1) is 0 Å². The molecule has 0 spiro atoms. The summed E-state index contributed by atoms with van der Waals surface area (Å²) in [6, 6.07) is 4.23. The minimum Gasteiger partial charge on any atom is -0.355 e. The van der Waals surface area contributed by atoms with Gasteiger partial charge in [0.15, 0.2) is 0 Å². The van der Waals surface area contributed by atoms with E-state index in [1.165, 1.54) is 12.1 Å². The second kappa shape index (κ2) is 5.75. The van der Waals surface area contributed by atoms with Crippen molar-refractivity contribution in [3.63, 3.8) is 0 Å². The van der Waals surface area contributed by atoms with Gasteiger partial charge in [-0.25, -0.2) is 0 Å². The van der Waals surface area contributed by atoms with Crippen LogP contribution in [-0.4, -0.2) is 18.4 Å². The maximum atomic E-state index is 12.5. The van der Waals surface area contributed by atoms with Crippen LogP contribution in [0.4, 0.5) is 13.2 Å². The van der Waals surface area contributed by atoms with Crippen molar-refractivity contribution in [1.29, 1.82) is 0 Å². The Bertz CT molecular complexity index is 540. The van der Waals surface area contributed by atoms with Crippen LogP contribution in [0.5, 0.6) is 0 Å². The van der Waals surface area contributed by atoms with E-state index in [0.717, 1.165) is 12.1 Å².